The molecule has 0 aliphatic heterocycles. The topological polar surface area (TPSA) is 139 Å². The third-order valence-corrected chi connectivity index (χ3v) is 4.87. The van der Waals surface area contributed by atoms with Gasteiger partial charge in [-0.05, 0) is 47.9 Å². The number of pyridine rings is 2. The number of hydrogen-bond donors (Lipinski definition) is 1. The molecule has 0 atom stereocenters. The summed E-state index contributed by atoms with van der Waals surface area (Å²) in [5, 5.41) is 22.7. The normalized spacial score (nSPS) is 10.4. The third-order valence-electron chi connectivity index (χ3n) is 4.87. The lowest BCUT2D eigenvalue weighted by Crippen LogP contribution is -2.04. The van der Waals surface area contributed by atoms with E-state index in [-0.39, 0.29) is 5.82 Å². The number of nitrogen functional groups attached to an aromatic ring is 1. The number of ether oxygens (including phenoxy) is 1. The van der Waals surface area contributed by atoms with Gasteiger partial charge in [-0.2, -0.15) is 15.5 Å². The Hall–Kier alpha value is -4.76. The van der Waals surface area contributed by atoms with Gasteiger partial charge < -0.3 is 10.5 Å². The fourth-order valence-corrected chi connectivity index (χ4v) is 3.21. The fraction of sp³-hybridized carbons (Fsp3) is 0.167. The van der Waals surface area contributed by atoms with Gasteiger partial charge in [0.15, 0.2) is 5.82 Å². The Labute approximate surface area is 190 Å². The van der Waals surface area contributed by atoms with Crippen LogP contribution in [0.25, 0.3) is 17.1 Å². The maximum absolute atomic E-state index is 9.57. The maximum atomic E-state index is 9.57. The molecule has 0 aliphatic rings. The average Bonchev–Trinajstić information content (AvgIpc) is 3.29. The van der Waals surface area contributed by atoms with E-state index >= 15 is 0 Å². The summed E-state index contributed by atoms with van der Waals surface area (Å²) < 4.78 is 7.04. The molecule has 0 radical (unpaired) electrons. The number of nitrogens with zero attached hydrogens (tertiary/aromatic N) is 7. The number of hydrogen-bond acceptors (Lipinski definition) is 8. The summed E-state index contributed by atoms with van der Waals surface area (Å²) in [6, 6.07) is 17.0. The molecule has 1 aromatic carbocycles. The minimum Gasteiger partial charge on any atom is -0.478 e. The summed E-state index contributed by atoms with van der Waals surface area (Å²) in [5.74, 6) is 1.11. The minimum atomic E-state index is 0.171. The zero-order valence-electron chi connectivity index (χ0n) is 17.7. The van der Waals surface area contributed by atoms with Gasteiger partial charge in [0.2, 0.25) is 11.7 Å². The van der Waals surface area contributed by atoms with E-state index in [1.807, 2.05) is 18.2 Å². The second-order valence-electron chi connectivity index (χ2n) is 7.20. The highest BCUT2D eigenvalue weighted by molar-refractivity contribution is 5.57. The fourth-order valence-electron chi connectivity index (χ4n) is 3.21. The Morgan fingerprint density at radius 2 is 2.00 bits per heavy atom. The predicted octanol–water partition coefficient (Wildman–Crippen LogP) is 3.45. The van der Waals surface area contributed by atoms with Crippen LogP contribution in [0.15, 0.2) is 61.1 Å². The number of rotatable bonds is 8. The first-order valence-corrected chi connectivity index (χ1v) is 10.3. The van der Waals surface area contributed by atoms with Crippen molar-refractivity contribution < 1.29 is 4.74 Å². The molecule has 0 unspecified atom stereocenters. The van der Waals surface area contributed by atoms with Crippen molar-refractivity contribution in [3.8, 4) is 35.1 Å². The first-order valence-electron chi connectivity index (χ1n) is 10.3. The van der Waals surface area contributed by atoms with Crippen molar-refractivity contribution in [3.63, 3.8) is 0 Å². The molecule has 0 amide bonds. The summed E-state index contributed by atoms with van der Waals surface area (Å²) in [6.45, 7) is 0.453. The van der Waals surface area contributed by atoms with Crippen LogP contribution in [0.3, 0.4) is 0 Å². The van der Waals surface area contributed by atoms with Gasteiger partial charge in [0.25, 0.3) is 0 Å². The van der Waals surface area contributed by atoms with E-state index in [1.165, 1.54) is 4.68 Å². The van der Waals surface area contributed by atoms with Crippen molar-refractivity contribution in [2.45, 2.75) is 19.3 Å². The van der Waals surface area contributed by atoms with Crippen molar-refractivity contribution in [2.75, 3.05) is 12.3 Å². The van der Waals surface area contributed by atoms with E-state index in [4.69, 9.17) is 15.7 Å². The van der Waals surface area contributed by atoms with Crippen LogP contribution >= 0.6 is 0 Å². The molecule has 0 saturated carbocycles. The van der Waals surface area contributed by atoms with Crippen LogP contribution in [0.2, 0.25) is 0 Å². The average molecular weight is 436 g/mol. The zero-order valence-corrected chi connectivity index (χ0v) is 17.7. The number of aromatic nitrogens is 5. The molecule has 0 aliphatic carbocycles. The number of unbranched alkanes of at least 4 members (excludes halogenated alkanes) is 1. The Morgan fingerprint density at radius 1 is 1.09 bits per heavy atom. The first kappa shape index (κ1) is 21.5. The van der Waals surface area contributed by atoms with Crippen LogP contribution in [0.1, 0.15) is 29.8 Å². The van der Waals surface area contributed by atoms with Crippen molar-refractivity contribution in [3.05, 3.63) is 78.0 Å². The van der Waals surface area contributed by atoms with Crippen LogP contribution in [0.5, 0.6) is 5.88 Å². The van der Waals surface area contributed by atoms with E-state index in [9.17, 15) is 5.26 Å². The van der Waals surface area contributed by atoms with E-state index in [2.05, 4.69) is 32.2 Å². The van der Waals surface area contributed by atoms with Crippen LogP contribution in [0.4, 0.5) is 5.69 Å². The van der Waals surface area contributed by atoms with Crippen LogP contribution in [-0.4, -0.2) is 31.3 Å². The van der Waals surface area contributed by atoms with E-state index in [1.54, 1.807) is 42.9 Å². The predicted molar refractivity (Wildman–Crippen MR) is 121 cm³/mol. The van der Waals surface area contributed by atoms with Gasteiger partial charge in [0.1, 0.15) is 6.07 Å². The molecule has 0 fully saturated rings. The Balaban J connectivity index is 1.55. The smallest absolute Gasteiger partial charge is 0.236 e. The highest BCUT2D eigenvalue weighted by Gasteiger charge is 2.14. The van der Waals surface area contributed by atoms with Gasteiger partial charge in [-0.25, -0.2) is 9.67 Å². The Bertz CT molecular complexity index is 1320. The Morgan fingerprint density at radius 3 is 2.73 bits per heavy atom. The van der Waals surface area contributed by atoms with Crippen molar-refractivity contribution >= 4 is 5.69 Å². The molecule has 2 N–H and O–H groups in total. The van der Waals surface area contributed by atoms with Gasteiger partial charge in [0, 0.05) is 48.7 Å². The molecule has 3 aromatic heterocycles. The zero-order chi connectivity index (χ0) is 23.0. The molecule has 9 nitrogen and oxygen atoms in total. The van der Waals surface area contributed by atoms with E-state index in [0.717, 1.165) is 16.7 Å². The number of nitrogens with two attached hydrogens (primary N) is 1. The highest BCUT2D eigenvalue weighted by atomic mass is 16.5. The van der Waals surface area contributed by atoms with Crippen LogP contribution in [-0.2, 0) is 6.42 Å². The summed E-state index contributed by atoms with van der Waals surface area (Å²) in [4.78, 5) is 12.7. The molecular weight excluding hydrogens is 416 g/mol. The molecule has 0 spiro atoms. The summed E-state index contributed by atoms with van der Waals surface area (Å²) in [7, 11) is 0. The van der Waals surface area contributed by atoms with Crippen LogP contribution < -0.4 is 10.5 Å². The lowest BCUT2D eigenvalue weighted by Gasteiger charge is -2.10. The quantitative estimate of drug-likeness (QED) is 0.327. The number of nitriles is 2. The molecule has 9 heteroatoms. The van der Waals surface area contributed by atoms with Crippen molar-refractivity contribution in [2.24, 2.45) is 0 Å². The third kappa shape index (κ3) is 5.12. The van der Waals surface area contributed by atoms with Gasteiger partial charge >= 0.3 is 0 Å². The summed E-state index contributed by atoms with van der Waals surface area (Å²) in [5.41, 5.74) is 10.1. The minimum absolute atomic E-state index is 0.171. The van der Waals surface area contributed by atoms with Gasteiger partial charge in [-0.1, -0.05) is 6.07 Å². The summed E-state index contributed by atoms with van der Waals surface area (Å²) in [6.07, 6.45) is 6.73. The molecule has 162 valence electrons. The van der Waals surface area contributed by atoms with Crippen molar-refractivity contribution in [1.82, 2.24) is 24.7 Å². The molecule has 0 saturated heterocycles. The highest BCUT2D eigenvalue weighted by Crippen LogP contribution is 2.23. The SMILES string of the molecule is N#CCCCOc1ccc(Cc2cc(-n3nc(-c4cccnc4)nc3C#N)ccc2N)cn1. The van der Waals surface area contributed by atoms with Crippen molar-refractivity contribution in [1.29, 1.82) is 10.5 Å². The second-order valence-corrected chi connectivity index (χ2v) is 7.20. The maximum Gasteiger partial charge on any atom is 0.236 e. The lowest BCUT2D eigenvalue weighted by molar-refractivity contribution is 0.301. The molecule has 0 bridgehead atoms. The second kappa shape index (κ2) is 10.0. The molecule has 4 rings (SSSR count). The lowest BCUT2D eigenvalue weighted by atomic mass is 10.0. The van der Waals surface area contributed by atoms with Gasteiger partial charge in [0.05, 0.1) is 18.4 Å². The molecule has 3 heterocycles. The number of anilines is 1. The molecule has 4 aromatic rings. The Kier molecular flexibility index (Phi) is 6.53. The van der Waals surface area contributed by atoms with Gasteiger partial charge in [-0.15, -0.1) is 5.10 Å². The van der Waals surface area contributed by atoms with E-state index < -0.39 is 0 Å². The standard InChI is InChI=1S/C24H20N8O/c25-9-1-2-11-33-23-8-5-17(15-29-23)12-19-13-20(6-7-21(19)27)32-22(14-26)30-24(31-32)18-4-3-10-28-16-18/h3-8,10,13,15-16H,1-2,11-12,27H2. The summed E-state index contributed by atoms with van der Waals surface area (Å²) >= 11 is 0. The monoisotopic (exact) mass is 436 g/mol. The number of benzene rings is 1. The van der Waals surface area contributed by atoms with Gasteiger partial charge in [-0.3, -0.25) is 4.98 Å². The molecule has 33 heavy (non-hydrogen) atoms. The molecular formula is C24H20N8O. The first-order chi connectivity index (χ1) is 16.2. The van der Waals surface area contributed by atoms with Crippen LogP contribution in [0, 0.1) is 22.7 Å². The van der Waals surface area contributed by atoms with E-state index in [0.29, 0.717) is 48.9 Å². The largest absolute Gasteiger partial charge is 0.478 e.